The molecule has 2 aromatic rings. The van der Waals surface area contributed by atoms with E-state index in [1.807, 2.05) is 32.0 Å². The van der Waals surface area contributed by atoms with E-state index in [1.165, 1.54) is 19.2 Å². The molecule has 6 heteroatoms. The zero-order valence-corrected chi connectivity index (χ0v) is 14.2. The highest BCUT2D eigenvalue weighted by atomic mass is 32.2. The number of rotatable bonds is 5. The molecule has 2 rings (SSSR count). The molecule has 0 aromatic heterocycles. The van der Waals surface area contributed by atoms with Gasteiger partial charge in [-0.15, -0.1) is 0 Å². The second kappa shape index (κ2) is 6.93. The summed E-state index contributed by atoms with van der Waals surface area (Å²) >= 11 is 0. The van der Waals surface area contributed by atoms with Crippen LogP contribution in [0.25, 0.3) is 0 Å². The Labute approximate surface area is 136 Å². The molecule has 0 aliphatic rings. The molecule has 0 fully saturated rings. The van der Waals surface area contributed by atoms with Gasteiger partial charge in [0.1, 0.15) is 0 Å². The first kappa shape index (κ1) is 17.2. The van der Waals surface area contributed by atoms with E-state index >= 15 is 0 Å². The highest BCUT2D eigenvalue weighted by Crippen LogP contribution is 2.22. The second-order valence-electron chi connectivity index (χ2n) is 5.15. The highest BCUT2D eigenvalue weighted by Gasteiger charge is 2.15. The predicted octanol–water partition coefficient (Wildman–Crippen LogP) is 2.72. The van der Waals surface area contributed by atoms with Gasteiger partial charge in [-0.05, 0) is 49.7 Å². The van der Waals surface area contributed by atoms with Crippen LogP contribution in [0.1, 0.15) is 28.4 Å². The van der Waals surface area contributed by atoms with Gasteiger partial charge in [-0.1, -0.05) is 31.2 Å². The minimum Gasteiger partial charge on any atom is -0.321 e. The van der Waals surface area contributed by atoms with Gasteiger partial charge < -0.3 is 5.32 Å². The van der Waals surface area contributed by atoms with Crippen LogP contribution in [0.15, 0.2) is 47.4 Å². The van der Waals surface area contributed by atoms with E-state index in [0.29, 0.717) is 5.56 Å². The maximum absolute atomic E-state index is 12.5. The number of carbonyl (C=O) groups excluding carboxylic acids is 1. The zero-order chi connectivity index (χ0) is 17.0. The standard InChI is InChI=1S/C17H20N2O3S/c1-4-13-8-5-7-12(2)16(13)19-17(20)14-9-6-10-15(11-14)23(21,22)18-3/h5-11,18H,4H2,1-3H3,(H,19,20). The molecule has 0 spiro atoms. The van der Waals surface area contributed by atoms with Crippen LogP contribution in [0.4, 0.5) is 5.69 Å². The summed E-state index contributed by atoms with van der Waals surface area (Å²) in [6.07, 6.45) is 0.797. The van der Waals surface area contributed by atoms with Crippen molar-refractivity contribution in [2.45, 2.75) is 25.2 Å². The van der Waals surface area contributed by atoms with Crippen molar-refractivity contribution >= 4 is 21.6 Å². The van der Waals surface area contributed by atoms with E-state index in [9.17, 15) is 13.2 Å². The number of benzene rings is 2. The summed E-state index contributed by atoms with van der Waals surface area (Å²) in [6.45, 7) is 3.95. The maximum atomic E-state index is 12.5. The average molecular weight is 332 g/mol. The molecular weight excluding hydrogens is 312 g/mol. The Morgan fingerprint density at radius 2 is 1.83 bits per heavy atom. The molecule has 5 nitrogen and oxygen atoms in total. The van der Waals surface area contributed by atoms with Crippen LogP contribution in [-0.2, 0) is 16.4 Å². The fourth-order valence-corrected chi connectivity index (χ4v) is 3.09. The first-order chi connectivity index (χ1) is 10.9. The monoisotopic (exact) mass is 332 g/mol. The fourth-order valence-electron chi connectivity index (χ4n) is 2.31. The number of hydrogen-bond donors (Lipinski definition) is 2. The smallest absolute Gasteiger partial charge is 0.255 e. The summed E-state index contributed by atoms with van der Waals surface area (Å²) in [5, 5.41) is 2.89. The van der Waals surface area contributed by atoms with Crippen LogP contribution < -0.4 is 10.0 Å². The number of anilines is 1. The molecule has 2 aromatic carbocycles. The van der Waals surface area contributed by atoms with Gasteiger partial charge in [-0.25, -0.2) is 13.1 Å². The lowest BCUT2D eigenvalue weighted by Crippen LogP contribution is -2.20. The normalized spacial score (nSPS) is 11.3. The van der Waals surface area contributed by atoms with Crippen LogP contribution in [0, 0.1) is 6.92 Å². The molecule has 0 unspecified atom stereocenters. The Hall–Kier alpha value is -2.18. The summed E-state index contributed by atoms with van der Waals surface area (Å²) < 4.78 is 25.9. The minimum atomic E-state index is -3.58. The number of sulfonamides is 1. The summed E-state index contributed by atoms with van der Waals surface area (Å²) in [4.78, 5) is 12.5. The second-order valence-corrected chi connectivity index (χ2v) is 7.04. The third-order valence-electron chi connectivity index (χ3n) is 3.65. The van der Waals surface area contributed by atoms with Crippen LogP contribution in [-0.4, -0.2) is 21.4 Å². The van der Waals surface area contributed by atoms with Gasteiger partial charge in [-0.2, -0.15) is 0 Å². The Kier molecular flexibility index (Phi) is 5.18. The highest BCUT2D eigenvalue weighted by molar-refractivity contribution is 7.89. The summed E-state index contributed by atoms with van der Waals surface area (Å²) in [7, 11) is -2.24. The average Bonchev–Trinajstić information content (AvgIpc) is 2.56. The van der Waals surface area contributed by atoms with Crippen molar-refractivity contribution < 1.29 is 13.2 Å². The van der Waals surface area contributed by atoms with Gasteiger partial charge in [0.05, 0.1) is 4.90 Å². The molecule has 0 aliphatic heterocycles. The SMILES string of the molecule is CCc1cccc(C)c1NC(=O)c1cccc(S(=O)(=O)NC)c1. The van der Waals surface area contributed by atoms with Gasteiger partial charge in [0, 0.05) is 11.3 Å². The Morgan fingerprint density at radius 3 is 2.48 bits per heavy atom. The third-order valence-corrected chi connectivity index (χ3v) is 5.07. The van der Waals surface area contributed by atoms with Gasteiger partial charge >= 0.3 is 0 Å². The van der Waals surface area contributed by atoms with E-state index in [0.717, 1.165) is 23.2 Å². The number of para-hydroxylation sites is 1. The van der Waals surface area contributed by atoms with E-state index in [2.05, 4.69) is 10.0 Å². The van der Waals surface area contributed by atoms with E-state index in [1.54, 1.807) is 12.1 Å². The zero-order valence-electron chi connectivity index (χ0n) is 13.4. The van der Waals surface area contributed by atoms with E-state index in [-0.39, 0.29) is 10.8 Å². The molecular formula is C17H20N2O3S. The van der Waals surface area contributed by atoms with Gasteiger partial charge in [0.2, 0.25) is 10.0 Å². The van der Waals surface area contributed by atoms with E-state index in [4.69, 9.17) is 0 Å². The number of carbonyl (C=O) groups is 1. The Balaban J connectivity index is 2.35. The predicted molar refractivity (Wildman–Crippen MR) is 91.2 cm³/mol. The third kappa shape index (κ3) is 3.78. The summed E-state index contributed by atoms with van der Waals surface area (Å²) in [5.41, 5.74) is 3.09. The first-order valence-electron chi connectivity index (χ1n) is 7.32. The molecule has 0 atom stereocenters. The molecule has 0 radical (unpaired) electrons. The minimum absolute atomic E-state index is 0.0631. The largest absolute Gasteiger partial charge is 0.321 e. The first-order valence-corrected chi connectivity index (χ1v) is 8.80. The van der Waals surface area contributed by atoms with Crippen LogP contribution in [0.3, 0.4) is 0 Å². The molecule has 0 aliphatic carbocycles. The molecule has 1 amide bonds. The number of amides is 1. The lowest BCUT2D eigenvalue weighted by atomic mass is 10.1. The van der Waals surface area contributed by atoms with Crippen molar-refractivity contribution in [1.29, 1.82) is 0 Å². The van der Waals surface area contributed by atoms with Gasteiger partial charge in [0.25, 0.3) is 5.91 Å². The molecule has 0 heterocycles. The lowest BCUT2D eigenvalue weighted by molar-refractivity contribution is 0.102. The van der Waals surface area contributed by atoms with Crippen LogP contribution >= 0.6 is 0 Å². The summed E-state index contributed by atoms with van der Waals surface area (Å²) in [6, 6.07) is 11.8. The van der Waals surface area contributed by atoms with Crippen molar-refractivity contribution in [3.05, 3.63) is 59.2 Å². The lowest BCUT2D eigenvalue weighted by Gasteiger charge is -2.13. The molecule has 0 bridgehead atoms. The molecule has 122 valence electrons. The topological polar surface area (TPSA) is 75.3 Å². The summed E-state index contributed by atoms with van der Waals surface area (Å²) in [5.74, 6) is -0.331. The van der Waals surface area contributed by atoms with Crippen LogP contribution in [0.2, 0.25) is 0 Å². The number of hydrogen-bond acceptors (Lipinski definition) is 3. The van der Waals surface area contributed by atoms with Crippen molar-refractivity contribution in [3.8, 4) is 0 Å². The van der Waals surface area contributed by atoms with Gasteiger partial charge in [0.15, 0.2) is 0 Å². The molecule has 2 N–H and O–H groups in total. The van der Waals surface area contributed by atoms with Gasteiger partial charge in [-0.3, -0.25) is 4.79 Å². The number of nitrogens with one attached hydrogen (secondary N) is 2. The molecule has 0 saturated carbocycles. The maximum Gasteiger partial charge on any atom is 0.255 e. The Morgan fingerprint density at radius 1 is 1.13 bits per heavy atom. The molecule has 0 saturated heterocycles. The van der Waals surface area contributed by atoms with Crippen molar-refractivity contribution in [2.24, 2.45) is 0 Å². The van der Waals surface area contributed by atoms with Crippen molar-refractivity contribution in [1.82, 2.24) is 4.72 Å². The Bertz CT molecular complexity index is 829. The quantitative estimate of drug-likeness (QED) is 0.884. The van der Waals surface area contributed by atoms with Crippen molar-refractivity contribution in [2.75, 3.05) is 12.4 Å². The fraction of sp³-hybridized carbons (Fsp3) is 0.235. The van der Waals surface area contributed by atoms with E-state index < -0.39 is 10.0 Å². The molecule has 23 heavy (non-hydrogen) atoms. The number of aryl methyl sites for hydroxylation is 2. The van der Waals surface area contributed by atoms with Crippen LogP contribution in [0.5, 0.6) is 0 Å². The van der Waals surface area contributed by atoms with Crippen molar-refractivity contribution in [3.63, 3.8) is 0 Å².